The molecule has 0 saturated carbocycles. The zero-order valence-corrected chi connectivity index (χ0v) is 9.63. The number of nitrogens with one attached hydrogen (secondary N) is 1. The van der Waals surface area contributed by atoms with Crippen LogP contribution >= 0.6 is 7.82 Å². The topological polar surface area (TPSA) is 152 Å². The fraction of sp³-hybridized carbons (Fsp3) is 0. The molecule has 1 aromatic carbocycles. The highest BCUT2D eigenvalue weighted by molar-refractivity contribution is 7.46. The molecular formula is C8H8N3O6P. The molecule has 0 aliphatic carbocycles. The molecule has 2 aromatic rings. The molecule has 10 heteroatoms. The number of fused-ring (bicyclic) bond motifs is 1. The Hall–Kier alpha value is -2.09. The minimum absolute atomic E-state index is 0.0472. The molecule has 0 amide bonds. The van der Waals surface area contributed by atoms with Gasteiger partial charge in [-0.05, 0) is 12.1 Å². The van der Waals surface area contributed by atoms with Crippen molar-refractivity contribution in [1.29, 1.82) is 0 Å². The summed E-state index contributed by atoms with van der Waals surface area (Å²) in [6.07, 6.45) is 0. The number of anilines is 1. The van der Waals surface area contributed by atoms with Crippen LogP contribution in [0.4, 0.5) is 11.4 Å². The van der Waals surface area contributed by atoms with E-state index in [1.165, 1.54) is 12.1 Å². The number of aromatic nitrogens is 1. The number of nitro groups is 1. The minimum Gasteiger partial charge on any atom is -0.398 e. The second kappa shape index (κ2) is 3.98. The van der Waals surface area contributed by atoms with Crippen molar-refractivity contribution in [1.82, 2.24) is 4.98 Å². The van der Waals surface area contributed by atoms with Crippen LogP contribution in [0, 0.1) is 10.1 Å². The first-order valence-electron chi connectivity index (χ1n) is 4.59. The lowest BCUT2D eigenvalue weighted by Gasteiger charge is -2.03. The van der Waals surface area contributed by atoms with Crippen LogP contribution in [0.3, 0.4) is 0 Å². The molecule has 1 heterocycles. The SMILES string of the molecule is Nc1cccc2[nH]c(OP(=O)(O)O)c([N+](=O)[O-])c12. The Bertz CT molecular complexity index is 675. The number of hydrogen-bond acceptors (Lipinski definition) is 5. The summed E-state index contributed by atoms with van der Waals surface area (Å²) >= 11 is 0. The predicted molar refractivity (Wildman–Crippen MR) is 62.0 cm³/mol. The highest BCUT2D eigenvalue weighted by atomic mass is 31.2. The van der Waals surface area contributed by atoms with Crippen LogP contribution in [0.25, 0.3) is 10.9 Å². The Balaban J connectivity index is 2.74. The Kier molecular flexibility index (Phi) is 2.74. The van der Waals surface area contributed by atoms with Gasteiger partial charge in [0.05, 0.1) is 10.4 Å². The molecular weight excluding hydrogens is 265 g/mol. The van der Waals surface area contributed by atoms with Crippen LogP contribution in [0.1, 0.15) is 0 Å². The maximum absolute atomic E-state index is 10.9. The van der Waals surface area contributed by atoms with Gasteiger partial charge in [0.1, 0.15) is 5.39 Å². The third kappa shape index (κ3) is 2.14. The average molecular weight is 273 g/mol. The number of benzene rings is 1. The number of phosphoric ester groups is 1. The Morgan fingerprint density at radius 3 is 2.67 bits per heavy atom. The number of nitrogen functional groups attached to an aromatic ring is 1. The van der Waals surface area contributed by atoms with Crippen LogP contribution in [0.2, 0.25) is 0 Å². The van der Waals surface area contributed by atoms with Crippen molar-refractivity contribution in [2.45, 2.75) is 0 Å². The van der Waals surface area contributed by atoms with Crippen molar-refractivity contribution < 1.29 is 23.8 Å². The van der Waals surface area contributed by atoms with E-state index in [1.807, 2.05) is 0 Å². The molecule has 2 rings (SSSR count). The fourth-order valence-electron chi connectivity index (χ4n) is 1.59. The van der Waals surface area contributed by atoms with Gasteiger partial charge in [-0.25, -0.2) is 4.57 Å². The smallest absolute Gasteiger partial charge is 0.398 e. The summed E-state index contributed by atoms with van der Waals surface area (Å²) in [6.45, 7) is 0. The van der Waals surface area contributed by atoms with E-state index >= 15 is 0 Å². The van der Waals surface area contributed by atoms with Gasteiger partial charge in [-0.1, -0.05) is 6.07 Å². The monoisotopic (exact) mass is 273 g/mol. The van der Waals surface area contributed by atoms with E-state index in [0.717, 1.165) is 0 Å². The molecule has 0 spiro atoms. The van der Waals surface area contributed by atoms with Crippen LogP contribution in [-0.4, -0.2) is 19.7 Å². The summed E-state index contributed by atoms with van der Waals surface area (Å²) in [4.78, 5) is 29.9. The van der Waals surface area contributed by atoms with Crippen molar-refractivity contribution in [2.24, 2.45) is 0 Å². The van der Waals surface area contributed by atoms with E-state index in [9.17, 15) is 14.7 Å². The third-order valence-electron chi connectivity index (χ3n) is 2.19. The van der Waals surface area contributed by atoms with Gasteiger partial charge < -0.3 is 15.2 Å². The summed E-state index contributed by atoms with van der Waals surface area (Å²) in [5.74, 6) is -0.624. The molecule has 9 nitrogen and oxygen atoms in total. The highest BCUT2D eigenvalue weighted by Crippen LogP contribution is 2.45. The molecule has 0 fully saturated rings. The molecule has 0 aliphatic heterocycles. The van der Waals surface area contributed by atoms with Crippen LogP contribution in [0.15, 0.2) is 18.2 Å². The second-order valence-electron chi connectivity index (χ2n) is 3.41. The lowest BCUT2D eigenvalue weighted by molar-refractivity contribution is -0.383. The van der Waals surface area contributed by atoms with Crippen LogP contribution in [0.5, 0.6) is 5.88 Å². The van der Waals surface area contributed by atoms with Gasteiger partial charge in [-0.3, -0.25) is 19.9 Å². The summed E-state index contributed by atoms with van der Waals surface area (Å²) < 4.78 is 15.0. The molecule has 0 saturated heterocycles. The van der Waals surface area contributed by atoms with E-state index in [2.05, 4.69) is 9.51 Å². The molecule has 0 unspecified atom stereocenters. The first-order chi connectivity index (χ1) is 8.29. The summed E-state index contributed by atoms with van der Waals surface area (Å²) in [7, 11) is -4.90. The lowest BCUT2D eigenvalue weighted by atomic mass is 10.2. The number of aromatic amines is 1. The number of H-pyrrole nitrogens is 1. The zero-order chi connectivity index (χ0) is 13.5. The van der Waals surface area contributed by atoms with Gasteiger partial charge in [0.15, 0.2) is 0 Å². The number of nitrogens with two attached hydrogens (primary N) is 1. The molecule has 0 bridgehead atoms. The maximum atomic E-state index is 10.9. The number of hydrogen-bond donors (Lipinski definition) is 4. The second-order valence-corrected chi connectivity index (χ2v) is 4.58. The van der Waals surface area contributed by atoms with Crippen molar-refractivity contribution >= 4 is 30.1 Å². The van der Waals surface area contributed by atoms with E-state index in [1.54, 1.807) is 6.07 Å². The highest BCUT2D eigenvalue weighted by Gasteiger charge is 2.30. The van der Waals surface area contributed by atoms with Gasteiger partial charge in [0.2, 0.25) is 0 Å². The Labute approximate surface area is 99.6 Å². The van der Waals surface area contributed by atoms with Gasteiger partial charge in [0, 0.05) is 5.69 Å². The summed E-state index contributed by atoms with van der Waals surface area (Å²) in [5, 5.41) is 11.0. The molecule has 0 atom stereocenters. The Morgan fingerprint density at radius 2 is 2.11 bits per heavy atom. The van der Waals surface area contributed by atoms with Gasteiger partial charge >= 0.3 is 13.5 Å². The average Bonchev–Trinajstić information content (AvgIpc) is 2.54. The van der Waals surface area contributed by atoms with Crippen molar-refractivity contribution in [3.8, 4) is 5.88 Å². The quantitative estimate of drug-likeness (QED) is 0.283. The molecule has 0 radical (unpaired) electrons. The fourth-order valence-corrected chi connectivity index (χ4v) is 1.96. The molecule has 1 aromatic heterocycles. The van der Waals surface area contributed by atoms with Crippen molar-refractivity contribution in [2.75, 3.05) is 5.73 Å². The molecule has 0 aliphatic rings. The van der Waals surface area contributed by atoms with E-state index in [-0.39, 0.29) is 16.6 Å². The maximum Gasteiger partial charge on any atom is 0.526 e. The van der Waals surface area contributed by atoms with E-state index in [4.69, 9.17) is 15.5 Å². The van der Waals surface area contributed by atoms with Gasteiger partial charge in [0.25, 0.3) is 5.88 Å². The van der Waals surface area contributed by atoms with Crippen molar-refractivity contribution in [3.05, 3.63) is 28.3 Å². The normalized spacial score (nSPS) is 11.7. The largest absolute Gasteiger partial charge is 0.526 e. The standard InChI is InChI=1S/C8H8N3O6P/c9-4-2-1-3-5-6(4)7(11(12)13)8(10-5)17-18(14,15)16/h1-3,10H,9H2,(H2,14,15,16). The Morgan fingerprint density at radius 1 is 1.44 bits per heavy atom. The van der Waals surface area contributed by atoms with Gasteiger partial charge in [-0.15, -0.1) is 0 Å². The first kappa shape index (κ1) is 12.4. The lowest BCUT2D eigenvalue weighted by Crippen LogP contribution is -1.95. The number of phosphoric acid groups is 1. The molecule has 96 valence electrons. The number of rotatable bonds is 3. The minimum atomic E-state index is -4.90. The third-order valence-corrected chi connectivity index (χ3v) is 2.61. The summed E-state index contributed by atoms with van der Waals surface area (Å²) in [6, 6.07) is 4.45. The van der Waals surface area contributed by atoms with Gasteiger partial charge in [-0.2, -0.15) is 0 Å². The molecule has 5 N–H and O–H groups in total. The van der Waals surface area contributed by atoms with Crippen LogP contribution < -0.4 is 10.3 Å². The zero-order valence-electron chi connectivity index (χ0n) is 8.73. The number of nitrogens with zero attached hydrogens (tertiary/aromatic N) is 1. The molecule has 18 heavy (non-hydrogen) atoms. The first-order valence-corrected chi connectivity index (χ1v) is 6.12. The predicted octanol–water partition coefficient (Wildman–Crippen LogP) is 1.13. The summed E-state index contributed by atoms with van der Waals surface area (Å²) in [5.41, 5.74) is 5.35. The van der Waals surface area contributed by atoms with E-state index in [0.29, 0.717) is 0 Å². The van der Waals surface area contributed by atoms with Crippen LogP contribution in [-0.2, 0) is 4.57 Å². The van der Waals surface area contributed by atoms with Crippen molar-refractivity contribution in [3.63, 3.8) is 0 Å². The van der Waals surface area contributed by atoms with E-state index < -0.39 is 24.3 Å².